The highest BCUT2D eigenvalue weighted by Gasteiger charge is 2.76. The molecule has 3 aromatic carbocycles. The van der Waals surface area contributed by atoms with E-state index in [1.165, 1.54) is 11.9 Å². The summed E-state index contributed by atoms with van der Waals surface area (Å²) in [5.41, 5.74) is 2.44. The number of morpholine rings is 1. The number of ether oxygens (including phenoxy) is 1. The SMILES string of the molecule is CN1C(=O)C2(Cl)CC3C(=CCC4C(=O)N(c5ccc(N6CCOCC6)cc5)C(=O)C43)C(c3ccc4ccccc4c3O)C2(Cl)C1=O. The minimum atomic E-state index is -1.96. The summed E-state index contributed by atoms with van der Waals surface area (Å²) in [4.78, 5) is 56.4. The largest absolute Gasteiger partial charge is 0.507 e. The fourth-order valence-corrected chi connectivity index (χ4v) is 9.49. The second-order valence-corrected chi connectivity index (χ2v) is 14.1. The average molecular weight is 661 g/mol. The van der Waals surface area contributed by atoms with Gasteiger partial charge in [0.15, 0.2) is 9.75 Å². The third-order valence-electron chi connectivity index (χ3n) is 10.7. The molecule has 6 atom stereocenters. The summed E-state index contributed by atoms with van der Waals surface area (Å²) in [5, 5.41) is 13.0. The smallest absolute Gasteiger partial charge is 0.253 e. The second kappa shape index (κ2) is 10.3. The number of hydrogen-bond donors (Lipinski definition) is 1. The van der Waals surface area contributed by atoms with Crippen LogP contribution in [0.15, 0.2) is 72.3 Å². The summed E-state index contributed by atoms with van der Waals surface area (Å²) in [6.45, 7) is 2.79. The molecule has 3 saturated heterocycles. The van der Waals surface area contributed by atoms with Crippen LogP contribution in [0.5, 0.6) is 5.75 Å². The summed E-state index contributed by atoms with van der Waals surface area (Å²) < 4.78 is 5.45. The van der Waals surface area contributed by atoms with E-state index in [1.54, 1.807) is 30.3 Å². The van der Waals surface area contributed by atoms with Gasteiger partial charge in [-0.15, -0.1) is 23.2 Å². The Kier molecular flexibility index (Phi) is 6.59. The second-order valence-electron chi connectivity index (χ2n) is 12.9. The number of carbonyl (C=O) groups excluding carboxylic acids is 4. The number of hydrogen-bond acceptors (Lipinski definition) is 7. The molecular weight excluding hydrogens is 629 g/mol. The van der Waals surface area contributed by atoms with Crippen LogP contribution in [0.1, 0.15) is 24.3 Å². The van der Waals surface area contributed by atoms with E-state index < -0.39 is 45.2 Å². The van der Waals surface area contributed by atoms with Crippen LogP contribution in [0.25, 0.3) is 10.8 Å². The average Bonchev–Trinajstić information content (AvgIpc) is 3.40. The van der Waals surface area contributed by atoms with Crippen molar-refractivity contribution in [3.05, 3.63) is 77.9 Å². The van der Waals surface area contributed by atoms with Crippen LogP contribution in [0.4, 0.5) is 11.4 Å². The first-order chi connectivity index (χ1) is 22.1. The van der Waals surface area contributed by atoms with Gasteiger partial charge in [-0.05, 0) is 48.4 Å². The van der Waals surface area contributed by atoms with E-state index >= 15 is 0 Å². The number of phenolic OH excluding ortho intramolecular Hbond substituents is 1. The zero-order valence-electron chi connectivity index (χ0n) is 25.0. The van der Waals surface area contributed by atoms with Gasteiger partial charge < -0.3 is 14.7 Å². The van der Waals surface area contributed by atoms with Gasteiger partial charge in [0.25, 0.3) is 11.8 Å². The highest BCUT2D eigenvalue weighted by Crippen LogP contribution is 2.66. The standard InChI is InChI=1S/C35H31Cl2N3O6/c1-38-32(44)34(36)18-26-23(28(35(34,37)33(38)45)25-11-6-19-4-2-3-5-22(19)29(25)41)12-13-24-27(26)31(43)40(30(24)42)21-9-7-20(8-10-21)39-14-16-46-17-15-39/h2-12,24,26-28,41H,13-18H2,1H3. The number of amides is 4. The van der Waals surface area contributed by atoms with Crippen molar-refractivity contribution in [3.8, 4) is 5.75 Å². The molecule has 0 radical (unpaired) electrons. The van der Waals surface area contributed by atoms with Gasteiger partial charge in [-0.1, -0.05) is 48.0 Å². The Morgan fingerprint density at radius 3 is 2.28 bits per heavy atom. The molecule has 3 heterocycles. The molecule has 2 aliphatic carbocycles. The van der Waals surface area contributed by atoms with Gasteiger partial charge in [-0.25, -0.2) is 0 Å². The monoisotopic (exact) mass is 659 g/mol. The molecule has 46 heavy (non-hydrogen) atoms. The van der Waals surface area contributed by atoms with E-state index in [2.05, 4.69) is 4.90 Å². The van der Waals surface area contributed by atoms with Crippen LogP contribution in [0.3, 0.4) is 0 Å². The Morgan fingerprint density at radius 1 is 0.848 bits per heavy atom. The topological polar surface area (TPSA) is 107 Å². The predicted molar refractivity (Wildman–Crippen MR) is 173 cm³/mol. The van der Waals surface area contributed by atoms with E-state index in [-0.39, 0.29) is 30.4 Å². The number of carbonyl (C=O) groups is 4. The fourth-order valence-electron chi connectivity index (χ4n) is 8.48. The number of rotatable bonds is 3. The number of anilines is 2. The van der Waals surface area contributed by atoms with Crippen LogP contribution >= 0.6 is 23.2 Å². The van der Waals surface area contributed by atoms with Gasteiger partial charge in [0.05, 0.1) is 30.7 Å². The maximum absolute atomic E-state index is 14.3. The van der Waals surface area contributed by atoms with Crippen molar-refractivity contribution in [3.63, 3.8) is 0 Å². The number of halogens is 2. The maximum atomic E-state index is 14.3. The molecule has 11 heteroatoms. The van der Waals surface area contributed by atoms with Crippen molar-refractivity contribution in [2.75, 3.05) is 43.2 Å². The molecule has 3 aromatic rings. The van der Waals surface area contributed by atoms with Crippen molar-refractivity contribution in [1.82, 2.24) is 4.90 Å². The van der Waals surface area contributed by atoms with E-state index in [0.717, 1.165) is 29.1 Å². The van der Waals surface area contributed by atoms with Crippen LogP contribution in [-0.4, -0.2) is 76.7 Å². The molecule has 6 unspecified atom stereocenters. The van der Waals surface area contributed by atoms with E-state index in [1.807, 2.05) is 36.4 Å². The highest BCUT2D eigenvalue weighted by molar-refractivity contribution is 6.53. The molecule has 1 saturated carbocycles. The quantitative estimate of drug-likeness (QED) is 0.249. The number of imide groups is 2. The van der Waals surface area contributed by atoms with Gasteiger partial charge >= 0.3 is 0 Å². The third-order valence-corrected chi connectivity index (χ3v) is 12.2. The first-order valence-corrected chi connectivity index (χ1v) is 16.2. The molecule has 5 aliphatic rings. The zero-order valence-corrected chi connectivity index (χ0v) is 26.5. The minimum Gasteiger partial charge on any atom is -0.507 e. The minimum absolute atomic E-state index is 0.0728. The number of phenols is 1. The first-order valence-electron chi connectivity index (χ1n) is 15.5. The molecular formula is C35H31Cl2N3O6. The van der Waals surface area contributed by atoms with Gasteiger partial charge in [-0.3, -0.25) is 29.0 Å². The molecule has 0 bridgehead atoms. The van der Waals surface area contributed by atoms with Crippen molar-refractivity contribution < 1.29 is 29.0 Å². The lowest BCUT2D eigenvalue weighted by molar-refractivity contribution is -0.138. The number of aromatic hydroxyl groups is 1. The third kappa shape index (κ3) is 3.79. The summed E-state index contributed by atoms with van der Waals surface area (Å²) in [6, 6.07) is 18.2. The van der Waals surface area contributed by atoms with Crippen LogP contribution < -0.4 is 9.80 Å². The number of fused-ring (bicyclic) bond motifs is 5. The summed E-state index contributed by atoms with van der Waals surface area (Å²) >= 11 is 14.6. The number of benzene rings is 3. The van der Waals surface area contributed by atoms with E-state index in [0.29, 0.717) is 35.4 Å². The molecule has 9 nitrogen and oxygen atoms in total. The van der Waals surface area contributed by atoms with Gasteiger partial charge in [0.2, 0.25) is 11.8 Å². The molecule has 236 valence electrons. The summed E-state index contributed by atoms with van der Waals surface area (Å²) in [6.07, 6.45) is 2.01. The van der Waals surface area contributed by atoms with Crippen LogP contribution in [-0.2, 0) is 23.9 Å². The number of likely N-dealkylation sites (tertiary alicyclic amines) is 1. The Hall–Kier alpha value is -3.92. The van der Waals surface area contributed by atoms with Crippen molar-refractivity contribution >= 4 is 69.0 Å². The molecule has 1 N–H and O–H groups in total. The van der Waals surface area contributed by atoms with Crippen molar-refractivity contribution in [2.24, 2.45) is 17.8 Å². The first kappa shape index (κ1) is 29.5. The van der Waals surface area contributed by atoms with Gasteiger partial charge in [0.1, 0.15) is 5.75 Å². The highest BCUT2D eigenvalue weighted by atomic mass is 35.5. The number of alkyl halides is 2. The van der Waals surface area contributed by atoms with E-state index in [9.17, 15) is 24.3 Å². The number of allylic oxidation sites excluding steroid dienone is 2. The Morgan fingerprint density at radius 2 is 1.54 bits per heavy atom. The molecule has 0 spiro atoms. The van der Waals surface area contributed by atoms with Crippen LogP contribution in [0, 0.1) is 17.8 Å². The molecule has 4 fully saturated rings. The lowest BCUT2D eigenvalue weighted by Crippen LogP contribution is -2.60. The lowest BCUT2D eigenvalue weighted by atomic mass is 9.56. The Balaban J connectivity index is 1.22. The van der Waals surface area contributed by atoms with E-state index in [4.69, 9.17) is 27.9 Å². The fraction of sp³-hybridized carbons (Fsp3) is 0.371. The molecule has 0 aromatic heterocycles. The maximum Gasteiger partial charge on any atom is 0.253 e. The predicted octanol–water partition coefficient (Wildman–Crippen LogP) is 4.58. The Labute approximate surface area is 275 Å². The summed E-state index contributed by atoms with van der Waals surface area (Å²) in [7, 11) is 1.35. The molecule has 8 rings (SSSR count). The zero-order chi connectivity index (χ0) is 32.1. The van der Waals surface area contributed by atoms with Gasteiger partial charge in [-0.2, -0.15) is 0 Å². The normalized spacial score (nSPS) is 32.5. The van der Waals surface area contributed by atoms with Crippen LogP contribution in [0.2, 0.25) is 0 Å². The number of nitrogens with zero attached hydrogens (tertiary/aromatic N) is 3. The summed E-state index contributed by atoms with van der Waals surface area (Å²) in [5.74, 6) is -5.27. The lowest BCUT2D eigenvalue weighted by Gasteiger charge is -2.50. The molecule has 4 amide bonds. The van der Waals surface area contributed by atoms with Gasteiger partial charge in [0, 0.05) is 42.7 Å². The van der Waals surface area contributed by atoms with Crippen molar-refractivity contribution in [1.29, 1.82) is 0 Å². The van der Waals surface area contributed by atoms with Crippen molar-refractivity contribution in [2.45, 2.75) is 28.5 Å². The Bertz CT molecular complexity index is 1870. The molecule has 3 aliphatic heterocycles.